The summed E-state index contributed by atoms with van der Waals surface area (Å²) in [5, 5.41) is 10.9. The summed E-state index contributed by atoms with van der Waals surface area (Å²) in [5.74, 6) is 1.62. The molecule has 4 heterocycles. The molecular formula is C32H37N10O2+. The highest BCUT2D eigenvalue weighted by molar-refractivity contribution is 5.80. The summed E-state index contributed by atoms with van der Waals surface area (Å²) in [4.78, 5) is 29.6. The van der Waals surface area contributed by atoms with Gasteiger partial charge in [0.2, 0.25) is 5.82 Å². The Morgan fingerprint density at radius 1 is 1.09 bits per heavy atom. The average molecular weight is 594 g/mol. The summed E-state index contributed by atoms with van der Waals surface area (Å²) < 4.78 is 7.65. The lowest BCUT2D eigenvalue weighted by molar-refractivity contribution is -0.656. The van der Waals surface area contributed by atoms with E-state index in [0.29, 0.717) is 55.0 Å². The standard InChI is InChI=1S/C32H36N10O2/c33-29-28-31(35-21-34-28)42(19-26-18-36-39-38-26)30(37-29)25-11-5-10-24(17-25)27(16-22-6-2-1-3-7-22)40-12-14-41(15-13-40)32(43)44-20-23-8-4-9-23/h1-3,5-7,10-11,17-18,21,23,27H,4,8-9,12-16,19-20H2,(H3,33,34,35,36,38,39)/p+1. The van der Waals surface area contributed by atoms with Crippen molar-refractivity contribution < 1.29 is 14.1 Å². The maximum absolute atomic E-state index is 12.8. The van der Waals surface area contributed by atoms with Crippen LogP contribution in [0.25, 0.3) is 22.6 Å². The Balaban J connectivity index is 1.18. The van der Waals surface area contributed by atoms with Gasteiger partial charge in [-0.15, -0.1) is 0 Å². The van der Waals surface area contributed by atoms with Crippen molar-refractivity contribution in [3.05, 3.63) is 83.9 Å². The van der Waals surface area contributed by atoms with Gasteiger partial charge in [0.25, 0.3) is 11.5 Å². The molecule has 0 spiro atoms. The number of hydrogen-bond acceptors (Lipinski definition) is 8. The summed E-state index contributed by atoms with van der Waals surface area (Å²) in [6.45, 7) is 3.77. The molecule has 2 fully saturated rings. The molecule has 1 amide bonds. The van der Waals surface area contributed by atoms with Crippen LogP contribution in [0.2, 0.25) is 0 Å². The third-order valence-corrected chi connectivity index (χ3v) is 8.88. The van der Waals surface area contributed by atoms with Gasteiger partial charge in [-0.25, -0.2) is 9.36 Å². The number of benzene rings is 2. The number of fused-ring (bicyclic) bond motifs is 1. The van der Waals surface area contributed by atoms with Gasteiger partial charge in [-0.2, -0.15) is 15.4 Å². The van der Waals surface area contributed by atoms with E-state index < -0.39 is 0 Å². The van der Waals surface area contributed by atoms with Gasteiger partial charge >= 0.3 is 6.09 Å². The number of nitrogens with two attached hydrogens (primary N) is 1. The number of carbonyl (C=O) groups excluding carboxylic acids is 1. The molecular weight excluding hydrogens is 556 g/mol. The minimum Gasteiger partial charge on any atom is -0.449 e. The number of rotatable bonds is 9. The number of imidazole rings is 1. The van der Waals surface area contributed by atoms with Crippen LogP contribution in [0.1, 0.15) is 42.1 Å². The third-order valence-electron chi connectivity index (χ3n) is 8.88. The molecule has 1 aliphatic carbocycles. The van der Waals surface area contributed by atoms with Crippen LogP contribution in [0.3, 0.4) is 0 Å². The van der Waals surface area contributed by atoms with Gasteiger partial charge < -0.3 is 20.4 Å². The Bertz CT molecular complexity index is 1710. The van der Waals surface area contributed by atoms with Crippen molar-refractivity contribution in [2.24, 2.45) is 5.92 Å². The highest BCUT2D eigenvalue weighted by Gasteiger charge is 2.30. The molecule has 226 valence electrons. The lowest BCUT2D eigenvalue weighted by Crippen LogP contribution is -2.50. The largest absolute Gasteiger partial charge is 0.449 e. The Kier molecular flexibility index (Phi) is 7.89. The van der Waals surface area contributed by atoms with Gasteiger partial charge in [-0.05, 0) is 48.4 Å². The second-order valence-corrected chi connectivity index (χ2v) is 11.7. The normalized spacial score (nSPS) is 16.6. The zero-order chi connectivity index (χ0) is 29.9. The predicted octanol–water partition coefficient (Wildman–Crippen LogP) is 3.50. The Labute approximate surface area is 255 Å². The van der Waals surface area contributed by atoms with Crippen LogP contribution < -0.4 is 10.3 Å². The molecule has 5 aromatic rings. The second kappa shape index (κ2) is 12.4. The first-order chi connectivity index (χ1) is 21.6. The molecule has 2 aliphatic rings. The van der Waals surface area contributed by atoms with Crippen molar-refractivity contribution >= 4 is 23.1 Å². The molecule has 12 heteroatoms. The first-order valence-electron chi connectivity index (χ1n) is 15.3. The van der Waals surface area contributed by atoms with Crippen LogP contribution >= 0.6 is 0 Å². The van der Waals surface area contributed by atoms with Crippen molar-refractivity contribution in [1.29, 1.82) is 0 Å². The lowest BCUT2D eigenvalue weighted by Gasteiger charge is -2.39. The molecule has 12 nitrogen and oxygen atoms in total. The molecule has 1 saturated carbocycles. The third kappa shape index (κ3) is 5.85. The summed E-state index contributed by atoms with van der Waals surface area (Å²) in [6, 6.07) is 19.1. The first-order valence-corrected chi connectivity index (χ1v) is 15.3. The lowest BCUT2D eigenvalue weighted by atomic mass is 9.86. The van der Waals surface area contributed by atoms with Crippen LogP contribution in [0.15, 0.2) is 67.1 Å². The van der Waals surface area contributed by atoms with Crippen molar-refractivity contribution in [3.63, 3.8) is 0 Å². The van der Waals surface area contributed by atoms with Gasteiger partial charge in [0.15, 0.2) is 11.8 Å². The Morgan fingerprint density at radius 3 is 2.68 bits per heavy atom. The topological polar surface area (TPSA) is 146 Å². The van der Waals surface area contributed by atoms with Crippen molar-refractivity contribution in [2.75, 3.05) is 38.5 Å². The Morgan fingerprint density at radius 2 is 1.93 bits per heavy atom. The van der Waals surface area contributed by atoms with Crippen LogP contribution in [0, 0.1) is 5.92 Å². The van der Waals surface area contributed by atoms with E-state index >= 15 is 0 Å². The summed E-state index contributed by atoms with van der Waals surface area (Å²) in [5.41, 5.74) is 11.9. The highest BCUT2D eigenvalue weighted by atomic mass is 16.6. The molecule has 4 N–H and O–H groups in total. The number of hydrogen-bond donors (Lipinski definition) is 3. The molecule has 44 heavy (non-hydrogen) atoms. The molecule has 2 aromatic carbocycles. The number of carbonyl (C=O) groups is 1. The SMILES string of the molecule is Nc1nc(-c2cccc(C(Cc3ccccc3)N3CCN(C(=O)OCC4CCC4)CC3)c2)[n+](Cc2cn[nH]n2)c2nc[nH]c12. The molecule has 1 atom stereocenters. The monoisotopic (exact) mass is 593 g/mol. The summed E-state index contributed by atoms with van der Waals surface area (Å²) >= 11 is 0. The van der Waals surface area contributed by atoms with Crippen LogP contribution in [-0.4, -0.2) is 79.0 Å². The minimum atomic E-state index is -0.188. The minimum absolute atomic E-state index is 0.0981. The van der Waals surface area contributed by atoms with E-state index in [4.69, 9.17) is 15.5 Å². The van der Waals surface area contributed by atoms with Gasteiger partial charge in [-0.3, -0.25) is 4.90 Å². The van der Waals surface area contributed by atoms with Crippen molar-refractivity contribution in [2.45, 2.75) is 38.3 Å². The molecule has 7 rings (SSSR count). The zero-order valence-electron chi connectivity index (χ0n) is 24.6. The van der Waals surface area contributed by atoms with E-state index in [9.17, 15) is 4.79 Å². The van der Waals surface area contributed by atoms with E-state index in [1.807, 2.05) is 15.5 Å². The molecule has 1 unspecified atom stereocenters. The number of amides is 1. The Hall–Kier alpha value is -4.84. The fourth-order valence-corrected chi connectivity index (χ4v) is 6.18. The van der Waals surface area contributed by atoms with Crippen LogP contribution in [0.5, 0.6) is 0 Å². The maximum atomic E-state index is 12.8. The smallest absolute Gasteiger partial charge is 0.409 e. The first kappa shape index (κ1) is 28.0. The summed E-state index contributed by atoms with van der Waals surface area (Å²) in [7, 11) is 0. The average Bonchev–Trinajstić information content (AvgIpc) is 3.74. The summed E-state index contributed by atoms with van der Waals surface area (Å²) in [6.07, 6.45) is 7.55. The number of nitrogens with zero attached hydrogens (tertiary/aromatic N) is 7. The van der Waals surface area contributed by atoms with E-state index in [2.05, 4.69) is 78.8 Å². The number of piperazine rings is 1. The van der Waals surface area contributed by atoms with Gasteiger partial charge in [0.05, 0.1) is 18.4 Å². The fraction of sp³-hybridized carbons (Fsp3) is 0.375. The molecule has 1 aliphatic heterocycles. The van der Waals surface area contributed by atoms with E-state index in [-0.39, 0.29) is 12.1 Å². The molecule has 3 aromatic heterocycles. The second-order valence-electron chi connectivity index (χ2n) is 11.7. The number of nitrogen functional groups attached to an aromatic ring is 1. The number of aromatic amines is 2. The van der Waals surface area contributed by atoms with Crippen molar-refractivity contribution in [1.82, 2.24) is 40.2 Å². The van der Waals surface area contributed by atoms with Gasteiger partial charge in [0.1, 0.15) is 12.2 Å². The van der Waals surface area contributed by atoms with E-state index in [1.54, 1.807) is 12.5 Å². The van der Waals surface area contributed by atoms with Crippen LogP contribution in [0.4, 0.5) is 10.6 Å². The number of ether oxygens (including phenoxy) is 1. The van der Waals surface area contributed by atoms with E-state index in [0.717, 1.165) is 30.8 Å². The van der Waals surface area contributed by atoms with Gasteiger partial charge in [-0.1, -0.05) is 58.9 Å². The molecule has 0 radical (unpaired) electrons. The van der Waals surface area contributed by atoms with Gasteiger partial charge in [0, 0.05) is 32.2 Å². The molecule has 0 bridgehead atoms. The van der Waals surface area contributed by atoms with E-state index in [1.165, 1.54) is 30.4 Å². The predicted molar refractivity (Wildman–Crippen MR) is 164 cm³/mol. The number of nitrogens with one attached hydrogen (secondary N) is 2. The van der Waals surface area contributed by atoms with Crippen LogP contribution in [-0.2, 0) is 17.7 Å². The van der Waals surface area contributed by atoms with Crippen molar-refractivity contribution in [3.8, 4) is 11.4 Å². The zero-order valence-corrected chi connectivity index (χ0v) is 24.6. The maximum Gasteiger partial charge on any atom is 0.409 e. The number of anilines is 1. The molecule has 1 saturated heterocycles. The number of H-pyrrole nitrogens is 2. The quantitative estimate of drug-likeness (QED) is 0.220. The number of aromatic nitrogens is 7. The fourth-order valence-electron chi connectivity index (χ4n) is 6.18. The highest BCUT2D eigenvalue weighted by Crippen LogP contribution is 2.30.